The van der Waals surface area contributed by atoms with E-state index in [1.54, 1.807) is 0 Å². The first kappa shape index (κ1) is 18.0. The summed E-state index contributed by atoms with van der Waals surface area (Å²) < 4.78 is 5.48. The fourth-order valence-corrected chi connectivity index (χ4v) is 2.41. The fourth-order valence-electron chi connectivity index (χ4n) is 2.41. The number of aryl methyl sites for hydroxylation is 1. The zero-order valence-corrected chi connectivity index (χ0v) is 13.5. The smallest absolute Gasteiger partial charge is 0.239 e. The summed E-state index contributed by atoms with van der Waals surface area (Å²) in [5, 5.41) is 6.17. The lowest BCUT2D eigenvalue weighted by Crippen LogP contribution is -2.55. The average Bonchev–Trinajstić information content (AvgIpc) is 2.48. The highest BCUT2D eigenvalue weighted by molar-refractivity contribution is 5.85. The SMILES string of the molecule is CCc1ccc(CCNC(=O)[C@H]2NCCO[C@@H]2C)cc1.Cl. The number of rotatable bonds is 5. The van der Waals surface area contributed by atoms with Crippen LogP contribution in [-0.4, -0.2) is 37.7 Å². The van der Waals surface area contributed by atoms with Crippen LogP contribution in [0, 0.1) is 0 Å². The highest BCUT2D eigenvalue weighted by atomic mass is 35.5. The van der Waals surface area contributed by atoms with Gasteiger partial charge in [0.05, 0.1) is 12.7 Å². The molecule has 0 spiro atoms. The Balaban J connectivity index is 0.00000220. The van der Waals surface area contributed by atoms with Gasteiger partial charge in [-0.25, -0.2) is 0 Å². The number of hydrogen-bond acceptors (Lipinski definition) is 3. The molecule has 1 heterocycles. The summed E-state index contributed by atoms with van der Waals surface area (Å²) in [4.78, 5) is 12.0. The Bertz CT molecular complexity index is 436. The molecule has 5 heteroatoms. The fraction of sp³-hybridized carbons (Fsp3) is 0.562. The lowest BCUT2D eigenvalue weighted by Gasteiger charge is -2.29. The standard InChI is InChI=1S/C16H24N2O2.ClH/c1-3-13-4-6-14(7-5-13)8-9-18-16(19)15-12(2)20-11-10-17-15;/h4-7,12,15,17H,3,8-11H2,1-2H3,(H,18,19);1H/t12-,15+;/m1./s1. The van der Waals surface area contributed by atoms with Crippen LogP contribution < -0.4 is 10.6 Å². The number of nitrogens with one attached hydrogen (secondary N) is 2. The van der Waals surface area contributed by atoms with Gasteiger partial charge in [-0.15, -0.1) is 12.4 Å². The predicted octanol–water partition coefficient (Wildman–Crippen LogP) is 1.71. The first-order valence-electron chi connectivity index (χ1n) is 7.41. The van der Waals surface area contributed by atoms with E-state index in [2.05, 4.69) is 41.8 Å². The maximum Gasteiger partial charge on any atom is 0.239 e. The molecule has 1 aromatic rings. The number of benzene rings is 1. The molecule has 0 unspecified atom stereocenters. The van der Waals surface area contributed by atoms with Gasteiger partial charge in [-0.3, -0.25) is 4.79 Å². The summed E-state index contributed by atoms with van der Waals surface area (Å²) >= 11 is 0. The Kier molecular flexibility index (Phi) is 7.72. The van der Waals surface area contributed by atoms with Crippen molar-refractivity contribution in [2.75, 3.05) is 19.7 Å². The van der Waals surface area contributed by atoms with Gasteiger partial charge in [-0.2, -0.15) is 0 Å². The number of hydrogen-bond donors (Lipinski definition) is 2. The molecule has 0 aromatic heterocycles. The van der Waals surface area contributed by atoms with Crippen LogP contribution in [0.15, 0.2) is 24.3 Å². The first-order valence-corrected chi connectivity index (χ1v) is 7.41. The molecule has 1 aliphatic rings. The molecule has 0 aliphatic carbocycles. The summed E-state index contributed by atoms with van der Waals surface area (Å²) in [7, 11) is 0. The van der Waals surface area contributed by atoms with E-state index in [4.69, 9.17) is 4.74 Å². The van der Waals surface area contributed by atoms with Gasteiger partial charge in [0.2, 0.25) is 5.91 Å². The molecule has 1 amide bonds. The maximum atomic E-state index is 12.0. The van der Waals surface area contributed by atoms with Gasteiger partial charge in [0, 0.05) is 13.1 Å². The van der Waals surface area contributed by atoms with Crippen molar-refractivity contribution in [2.24, 2.45) is 0 Å². The quantitative estimate of drug-likeness (QED) is 0.870. The summed E-state index contributed by atoms with van der Waals surface area (Å²) in [6, 6.07) is 8.34. The third kappa shape index (κ3) is 5.30. The van der Waals surface area contributed by atoms with Crippen LogP contribution in [0.25, 0.3) is 0 Å². The van der Waals surface area contributed by atoms with Crippen molar-refractivity contribution >= 4 is 18.3 Å². The van der Waals surface area contributed by atoms with Gasteiger partial charge in [0.1, 0.15) is 6.04 Å². The third-order valence-corrected chi connectivity index (χ3v) is 3.74. The predicted molar refractivity (Wildman–Crippen MR) is 87.0 cm³/mol. The summed E-state index contributed by atoms with van der Waals surface area (Å²) in [5.74, 6) is 0.0300. The topological polar surface area (TPSA) is 50.4 Å². The Morgan fingerprint density at radius 3 is 2.62 bits per heavy atom. The molecule has 1 aromatic carbocycles. The molecule has 1 saturated heterocycles. The molecule has 21 heavy (non-hydrogen) atoms. The minimum absolute atomic E-state index is 0. The van der Waals surface area contributed by atoms with Crippen LogP contribution in [0.5, 0.6) is 0 Å². The molecule has 118 valence electrons. The molecule has 0 bridgehead atoms. The van der Waals surface area contributed by atoms with Crippen LogP contribution in [0.1, 0.15) is 25.0 Å². The second-order valence-corrected chi connectivity index (χ2v) is 5.22. The van der Waals surface area contributed by atoms with E-state index in [1.807, 2.05) is 6.92 Å². The minimum Gasteiger partial charge on any atom is -0.375 e. The van der Waals surface area contributed by atoms with Crippen molar-refractivity contribution in [1.82, 2.24) is 10.6 Å². The van der Waals surface area contributed by atoms with Crippen LogP contribution in [-0.2, 0) is 22.4 Å². The molecular formula is C16H25ClN2O2. The van der Waals surface area contributed by atoms with Gasteiger partial charge < -0.3 is 15.4 Å². The molecule has 0 saturated carbocycles. The highest BCUT2D eigenvalue weighted by Gasteiger charge is 2.27. The largest absolute Gasteiger partial charge is 0.375 e. The maximum absolute atomic E-state index is 12.0. The lowest BCUT2D eigenvalue weighted by molar-refractivity contribution is -0.128. The Morgan fingerprint density at radius 2 is 2.00 bits per heavy atom. The molecule has 0 radical (unpaired) electrons. The summed E-state index contributed by atoms with van der Waals surface area (Å²) in [6.07, 6.45) is 1.85. The average molecular weight is 313 g/mol. The number of morpholine rings is 1. The highest BCUT2D eigenvalue weighted by Crippen LogP contribution is 2.06. The molecule has 1 fully saturated rings. The van der Waals surface area contributed by atoms with Crippen molar-refractivity contribution in [2.45, 2.75) is 38.8 Å². The zero-order chi connectivity index (χ0) is 14.4. The van der Waals surface area contributed by atoms with Crippen LogP contribution in [0.3, 0.4) is 0 Å². The van der Waals surface area contributed by atoms with E-state index in [0.29, 0.717) is 13.2 Å². The van der Waals surface area contributed by atoms with Gasteiger partial charge in [0.25, 0.3) is 0 Å². The second-order valence-electron chi connectivity index (χ2n) is 5.22. The van der Waals surface area contributed by atoms with Crippen LogP contribution in [0.2, 0.25) is 0 Å². The first-order chi connectivity index (χ1) is 9.70. The van der Waals surface area contributed by atoms with Crippen molar-refractivity contribution in [1.29, 1.82) is 0 Å². The van der Waals surface area contributed by atoms with Crippen molar-refractivity contribution < 1.29 is 9.53 Å². The number of ether oxygens (including phenoxy) is 1. The van der Waals surface area contributed by atoms with E-state index in [-0.39, 0.29) is 30.5 Å². The Morgan fingerprint density at radius 1 is 1.33 bits per heavy atom. The summed E-state index contributed by atoms with van der Waals surface area (Å²) in [6.45, 7) is 6.15. The van der Waals surface area contributed by atoms with E-state index >= 15 is 0 Å². The van der Waals surface area contributed by atoms with Gasteiger partial charge in [0.15, 0.2) is 0 Å². The van der Waals surface area contributed by atoms with E-state index in [1.165, 1.54) is 11.1 Å². The molecule has 2 N–H and O–H groups in total. The monoisotopic (exact) mass is 312 g/mol. The minimum atomic E-state index is -0.230. The zero-order valence-electron chi connectivity index (χ0n) is 12.7. The van der Waals surface area contributed by atoms with Crippen molar-refractivity contribution in [3.05, 3.63) is 35.4 Å². The lowest BCUT2D eigenvalue weighted by atomic mass is 10.1. The molecule has 1 aliphatic heterocycles. The number of amides is 1. The van der Waals surface area contributed by atoms with Gasteiger partial charge in [-0.05, 0) is 30.9 Å². The molecule has 2 rings (SSSR count). The molecular weight excluding hydrogens is 288 g/mol. The van der Waals surface area contributed by atoms with E-state index in [0.717, 1.165) is 19.4 Å². The number of carbonyl (C=O) groups excluding carboxylic acids is 1. The number of carbonyl (C=O) groups is 1. The van der Waals surface area contributed by atoms with Crippen molar-refractivity contribution in [3.63, 3.8) is 0 Å². The second kappa shape index (κ2) is 9.03. The summed E-state index contributed by atoms with van der Waals surface area (Å²) in [5.41, 5.74) is 2.60. The van der Waals surface area contributed by atoms with Gasteiger partial charge >= 0.3 is 0 Å². The molecule has 4 nitrogen and oxygen atoms in total. The van der Waals surface area contributed by atoms with Crippen LogP contribution >= 0.6 is 12.4 Å². The third-order valence-electron chi connectivity index (χ3n) is 3.74. The van der Waals surface area contributed by atoms with Gasteiger partial charge in [-0.1, -0.05) is 31.2 Å². The normalized spacial score (nSPS) is 21.4. The molecule has 2 atom stereocenters. The van der Waals surface area contributed by atoms with Crippen molar-refractivity contribution in [3.8, 4) is 0 Å². The number of halogens is 1. The van der Waals surface area contributed by atoms with E-state index in [9.17, 15) is 4.79 Å². The Hall–Kier alpha value is -1.10. The van der Waals surface area contributed by atoms with E-state index < -0.39 is 0 Å². The van der Waals surface area contributed by atoms with Crippen LogP contribution in [0.4, 0.5) is 0 Å². The Labute approximate surface area is 133 Å².